The Morgan fingerprint density at radius 2 is 1.32 bits per heavy atom. The minimum Gasteiger partial charge on any atom is -0.396 e. The molecule has 14 atom stereocenters. The second-order valence-electron chi connectivity index (χ2n) is 18.4. The third-order valence-electron chi connectivity index (χ3n) is 15.6. The van der Waals surface area contributed by atoms with E-state index in [0.717, 1.165) is 103 Å². The van der Waals surface area contributed by atoms with Gasteiger partial charge < -0.3 is 38.6 Å². The monoisotopic (exact) mass is 705 g/mol. The molecule has 3 unspecified atom stereocenters. The molecule has 0 aromatic carbocycles. The molecule has 2 N–H and O–H groups in total. The van der Waals surface area contributed by atoms with Gasteiger partial charge in [-0.1, -0.05) is 33.6 Å². The van der Waals surface area contributed by atoms with Crippen molar-refractivity contribution in [3.8, 4) is 0 Å². The summed E-state index contributed by atoms with van der Waals surface area (Å²) in [7, 11) is 0. The zero-order chi connectivity index (χ0) is 34.7. The van der Waals surface area contributed by atoms with E-state index in [-0.39, 0.29) is 67.1 Å². The Labute approximate surface area is 303 Å². The summed E-state index contributed by atoms with van der Waals surface area (Å²) >= 11 is 0. The van der Waals surface area contributed by atoms with Crippen LogP contribution in [0.15, 0.2) is 0 Å². The molecule has 0 aromatic rings. The zero-order valence-corrected chi connectivity index (χ0v) is 31.8. The predicted octanol–water partition coefficient (Wildman–Crippen LogP) is 8.01. The van der Waals surface area contributed by atoms with Gasteiger partial charge in [-0.15, -0.1) is 0 Å². The van der Waals surface area contributed by atoms with Gasteiger partial charge in [0.15, 0.2) is 18.9 Å². The summed E-state index contributed by atoms with van der Waals surface area (Å²) in [4.78, 5) is 0. The maximum atomic E-state index is 9.71. The van der Waals surface area contributed by atoms with Crippen LogP contribution in [0.4, 0.5) is 0 Å². The van der Waals surface area contributed by atoms with Gasteiger partial charge in [0.2, 0.25) is 0 Å². The summed E-state index contributed by atoms with van der Waals surface area (Å²) in [5, 5.41) is 19.4. The smallest absolute Gasteiger partial charge is 0.157 e. The number of hydrogen-bond donors (Lipinski definition) is 2. The van der Waals surface area contributed by atoms with Gasteiger partial charge >= 0.3 is 0 Å². The molecule has 3 heterocycles. The minimum atomic E-state index is -0.0938. The summed E-state index contributed by atoms with van der Waals surface area (Å²) in [5.74, 6) is 3.26. The molecule has 50 heavy (non-hydrogen) atoms. The van der Waals surface area contributed by atoms with Crippen LogP contribution in [0.3, 0.4) is 0 Å². The molecular formula is C42H72O8. The lowest BCUT2D eigenvalue weighted by atomic mass is 9.43. The molecular weight excluding hydrogens is 632 g/mol. The summed E-state index contributed by atoms with van der Waals surface area (Å²) in [6.07, 6.45) is 21.6. The molecule has 3 aliphatic heterocycles. The zero-order valence-electron chi connectivity index (χ0n) is 31.8. The summed E-state index contributed by atoms with van der Waals surface area (Å²) in [6.45, 7) is 10.3. The van der Waals surface area contributed by atoms with Crippen LogP contribution in [0.1, 0.15) is 143 Å². The van der Waals surface area contributed by atoms with Gasteiger partial charge in [0.05, 0.1) is 18.3 Å². The first-order chi connectivity index (χ1) is 24.3. The number of aliphatic hydroxyl groups excluding tert-OH is 2. The van der Waals surface area contributed by atoms with Crippen LogP contribution in [0.5, 0.6) is 0 Å². The van der Waals surface area contributed by atoms with Gasteiger partial charge in [0, 0.05) is 44.4 Å². The van der Waals surface area contributed by atoms with E-state index in [1.165, 1.54) is 38.5 Å². The van der Waals surface area contributed by atoms with Crippen molar-refractivity contribution in [2.24, 2.45) is 52.3 Å². The molecule has 0 aromatic heterocycles. The van der Waals surface area contributed by atoms with Crippen LogP contribution in [-0.2, 0) is 28.4 Å². The first-order valence-corrected chi connectivity index (χ1v) is 21.4. The number of ether oxygens (including phenoxy) is 6. The first kappa shape index (κ1) is 38.0. The molecule has 0 radical (unpaired) electrons. The van der Waals surface area contributed by atoms with E-state index in [1.807, 2.05) is 0 Å². The van der Waals surface area contributed by atoms with Crippen LogP contribution in [0.2, 0.25) is 0 Å². The number of fused-ring (bicyclic) bond motifs is 5. The van der Waals surface area contributed by atoms with E-state index in [2.05, 4.69) is 20.8 Å². The molecule has 3 saturated heterocycles. The van der Waals surface area contributed by atoms with Crippen molar-refractivity contribution in [1.29, 1.82) is 0 Å². The largest absolute Gasteiger partial charge is 0.396 e. The van der Waals surface area contributed by atoms with Gasteiger partial charge in [-0.05, 0) is 150 Å². The van der Waals surface area contributed by atoms with Crippen molar-refractivity contribution < 1.29 is 38.6 Å². The van der Waals surface area contributed by atoms with E-state index in [1.54, 1.807) is 0 Å². The molecule has 0 amide bonds. The Morgan fingerprint density at radius 3 is 1.94 bits per heavy atom. The summed E-state index contributed by atoms with van der Waals surface area (Å²) in [5.41, 5.74) is 0.278. The SMILES string of the molecule is C[C@H](CCCC(CO)CO)[C@H]1CC[C@H]2[C@@H]3[C@H](OC4CCCCO4)C[C@@H]4C[C@H](OC5CCCCO5)CC[C@]4(C)[C@H]3C[C@H](OC3CCCCO3)[C@]12C. The summed E-state index contributed by atoms with van der Waals surface area (Å²) < 4.78 is 39.9. The van der Waals surface area contributed by atoms with Crippen LogP contribution in [0, 0.1) is 52.3 Å². The molecule has 7 aliphatic rings. The molecule has 7 fully saturated rings. The minimum absolute atomic E-state index is 0.00407. The first-order valence-electron chi connectivity index (χ1n) is 21.4. The Hall–Kier alpha value is -0.320. The maximum Gasteiger partial charge on any atom is 0.157 e. The van der Waals surface area contributed by atoms with Crippen molar-refractivity contribution in [3.05, 3.63) is 0 Å². The van der Waals surface area contributed by atoms with Crippen LogP contribution in [-0.4, -0.2) is 80.4 Å². The molecule has 7 rings (SSSR count). The Balaban J connectivity index is 1.16. The van der Waals surface area contributed by atoms with Crippen LogP contribution >= 0.6 is 0 Å². The normalized spacial score (nSPS) is 45.8. The topological polar surface area (TPSA) is 95.8 Å². The van der Waals surface area contributed by atoms with Crippen molar-refractivity contribution in [2.45, 2.75) is 180 Å². The molecule has 8 nitrogen and oxygen atoms in total. The van der Waals surface area contributed by atoms with E-state index >= 15 is 0 Å². The third kappa shape index (κ3) is 7.90. The average Bonchev–Trinajstić information content (AvgIpc) is 3.50. The van der Waals surface area contributed by atoms with E-state index < -0.39 is 0 Å². The van der Waals surface area contributed by atoms with E-state index in [0.29, 0.717) is 35.5 Å². The van der Waals surface area contributed by atoms with Crippen molar-refractivity contribution in [2.75, 3.05) is 33.0 Å². The molecule has 0 bridgehead atoms. The lowest BCUT2D eigenvalue weighted by molar-refractivity contribution is -0.289. The van der Waals surface area contributed by atoms with Gasteiger partial charge in [-0.25, -0.2) is 0 Å². The standard InChI is InChI=1S/C42H72O8/c1-28(11-10-12-29(26-43)27-44)32-16-17-33-40-34(25-36(42(32,33)3)50-39-15-6-9-22-47-39)41(2)19-18-31(48-37-13-4-7-20-45-37)23-30(41)24-35(40)49-38-14-5-8-21-46-38/h28-40,43-44H,4-27H2,1-3H3/t28-,30+,31-,32-,33+,34+,35-,36+,37?,38?,39?,40+,41+,42-/m1/s1. The van der Waals surface area contributed by atoms with Gasteiger partial charge in [-0.3, -0.25) is 0 Å². The molecule has 288 valence electrons. The van der Waals surface area contributed by atoms with Crippen LogP contribution in [0.25, 0.3) is 0 Å². The Bertz CT molecular complexity index is 1040. The fourth-order valence-electron chi connectivity index (χ4n) is 12.7. The van der Waals surface area contributed by atoms with Crippen LogP contribution < -0.4 is 0 Å². The summed E-state index contributed by atoms with van der Waals surface area (Å²) in [6, 6.07) is 0. The second-order valence-corrected chi connectivity index (χ2v) is 18.4. The van der Waals surface area contributed by atoms with Crippen molar-refractivity contribution >= 4 is 0 Å². The Kier molecular flexibility index (Phi) is 12.9. The fourth-order valence-corrected chi connectivity index (χ4v) is 12.7. The third-order valence-corrected chi connectivity index (χ3v) is 15.6. The average molecular weight is 705 g/mol. The van der Waals surface area contributed by atoms with E-state index in [9.17, 15) is 10.2 Å². The fraction of sp³-hybridized carbons (Fsp3) is 1.00. The van der Waals surface area contributed by atoms with Gasteiger partial charge in [-0.2, -0.15) is 0 Å². The van der Waals surface area contributed by atoms with E-state index in [4.69, 9.17) is 28.4 Å². The van der Waals surface area contributed by atoms with Gasteiger partial charge in [0.25, 0.3) is 0 Å². The molecule has 8 heteroatoms. The molecule has 4 saturated carbocycles. The number of rotatable bonds is 13. The van der Waals surface area contributed by atoms with Gasteiger partial charge in [0.1, 0.15) is 0 Å². The maximum absolute atomic E-state index is 9.71. The molecule has 0 spiro atoms. The second kappa shape index (κ2) is 17.0. The Morgan fingerprint density at radius 1 is 0.680 bits per heavy atom. The van der Waals surface area contributed by atoms with Crippen molar-refractivity contribution in [1.82, 2.24) is 0 Å². The van der Waals surface area contributed by atoms with Crippen molar-refractivity contribution in [3.63, 3.8) is 0 Å². The predicted molar refractivity (Wildman–Crippen MR) is 192 cm³/mol. The highest BCUT2D eigenvalue weighted by atomic mass is 16.7. The highest BCUT2D eigenvalue weighted by Crippen LogP contribution is 2.69. The number of hydrogen-bond acceptors (Lipinski definition) is 8. The lowest BCUT2D eigenvalue weighted by Gasteiger charge is -2.65. The highest BCUT2D eigenvalue weighted by molar-refractivity contribution is 5.15. The quantitative estimate of drug-likeness (QED) is 0.186. The number of aliphatic hydroxyl groups is 2. The highest BCUT2D eigenvalue weighted by Gasteiger charge is 2.67. The lowest BCUT2D eigenvalue weighted by Crippen LogP contribution is -2.64. The molecule has 4 aliphatic carbocycles.